The molecule has 0 saturated carbocycles. The van der Waals surface area contributed by atoms with Crippen LogP contribution >= 0.6 is 15.9 Å². The Bertz CT molecular complexity index is 456. The van der Waals surface area contributed by atoms with E-state index in [-0.39, 0.29) is 0 Å². The molecule has 1 aromatic heterocycles. The minimum atomic E-state index is 0.434. The molecule has 0 radical (unpaired) electrons. The van der Waals surface area contributed by atoms with Crippen LogP contribution in [-0.4, -0.2) is 16.7 Å². The van der Waals surface area contributed by atoms with Crippen LogP contribution in [0.25, 0.3) is 11.5 Å². The summed E-state index contributed by atoms with van der Waals surface area (Å²) in [6.07, 6.45) is 0. The Kier molecular flexibility index (Phi) is 3.01. The topological polar surface area (TPSA) is 48.2 Å². The molecule has 0 bridgehead atoms. The SMILES string of the molecule is CCOc1ccccc1-c1nc(Br)no1. The van der Waals surface area contributed by atoms with Crippen molar-refractivity contribution in [2.75, 3.05) is 6.61 Å². The van der Waals surface area contributed by atoms with Gasteiger partial charge in [0.15, 0.2) is 0 Å². The van der Waals surface area contributed by atoms with Crippen molar-refractivity contribution in [2.24, 2.45) is 0 Å². The van der Waals surface area contributed by atoms with Crippen molar-refractivity contribution in [2.45, 2.75) is 6.92 Å². The molecular formula is C10H9BrN2O2. The van der Waals surface area contributed by atoms with Crippen LogP contribution in [0.2, 0.25) is 0 Å². The van der Waals surface area contributed by atoms with Crippen LogP contribution < -0.4 is 4.74 Å². The maximum atomic E-state index is 5.46. The van der Waals surface area contributed by atoms with Crippen LogP contribution in [0, 0.1) is 0 Å². The first-order valence-electron chi connectivity index (χ1n) is 4.52. The highest BCUT2D eigenvalue weighted by atomic mass is 79.9. The summed E-state index contributed by atoms with van der Waals surface area (Å²) in [5, 5.41) is 3.67. The Morgan fingerprint density at radius 3 is 2.87 bits per heavy atom. The van der Waals surface area contributed by atoms with E-state index in [1.54, 1.807) is 0 Å². The fourth-order valence-electron chi connectivity index (χ4n) is 1.24. The molecule has 78 valence electrons. The summed E-state index contributed by atoms with van der Waals surface area (Å²) < 4.78 is 10.9. The van der Waals surface area contributed by atoms with Gasteiger partial charge in [-0.25, -0.2) is 0 Å². The Labute approximate surface area is 95.4 Å². The van der Waals surface area contributed by atoms with Crippen LogP contribution in [0.4, 0.5) is 0 Å². The predicted octanol–water partition coefficient (Wildman–Crippen LogP) is 2.90. The fraction of sp³-hybridized carbons (Fsp3) is 0.200. The fourth-order valence-corrected chi connectivity index (χ4v) is 1.47. The number of halogens is 1. The number of nitrogens with zero attached hydrogens (tertiary/aromatic N) is 2. The monoisotopic (exact) mass is 268 g/mol. The molecule has 0 aliphatic heterocycles. The smallest absolute Gasteiger partial charge is 0.262 e. The van der Waals surface area contributed by atoms with Crippen LogP contribution in [0.5, 0.6) is 5.75 Å². The van der Waals surface area contributed by atoms with Crippen LogP contribution in [0.15, 0.2) is 33.5 Å². The number of hydrogen-bond acceptors (Lipinski definition) is 4. The predicted molar refractivity (Wildman–Crippen MR) is 58.6 cm³/mol. The van der Waals surface area contributed by atoms with Gasteiger partial charge < -0.3 is 9.26 Å². The molecule has 1 aromatic carbocycles. The third-order valence-corrected chi connectivity index (χ3v) is 2.14. The number of benzene rings is 1. The normalized spacial score (nSPS) is 10.3. The third-order valence-electron chi connectivity index (χ3n) is 1.82. The van der Waals surface area contributed by atoms with Gasteiger partial charge in [0, 0.05) is 0 Å². The van der Waals surface area contributed by atoms with Crippen molar-refractivity contribution in [3.8, 4) is 17.2 Å². The third kappa shape index (κ3) is 2.18. The minimum absolute atomic E-state index is 0.434. The summed E-state index contributed by atoms with van der Waals surface area (Å²) in [6, 6.07) is 7.55. The van der Waals surface area contributed by atoms with Gasteiger partial charge in [0.05, 0.1) is 12.2 Å². The van der Waals surface area contributed by atoms with E-state index in [0.717, 1.165) is 11.3 Å². The summed E-state index contributed by atoms with van der Waals surface area (Å²) in [4.78, 5) is 4.08. The van der Waals surface area contributed by atoms with Gasteiger partial charge in [-0.1, -0.05) is 12.1 Å². The maximum absolute atomic E-state index is 5.46. The molecular weight excluding hydrogens is 260 g/mol. The Balaban J connectivity index is 2.42. The first kappa shape index (κ1) is 10.2. The van der Waals surface area contributed by atoms with Gasteiger partial charge in [-0.15, -0.1) is 0 Å². The molecule has 0 atom stereocenters. The largest absolute Gasteiger partial charge is 0.493 e. The molecule has 0 spiro atoms. The van der Waals surface area contributed by atoms with Crippen LogP contribution in [0.1, 0.15) is 6.92 Å². The summed E-state index contributed by atoms with van der Waals surface area (Å²) in [5.74, 6) is 1.20. The van der Waals surface area contributed by atoms with E-state index in [0.29, 0.717) is 17.2 Å². The highest BCUT2D eigenvalue weighted by molar-refractivity contribution is 9.10. The molecule has 0 N–H and O–H groups in total. The second-order valence-corrected chi connectivity index (χ2v) is 3.51. The molecule has 15 heavy (non-hydrogen) atoms. The Morgan fingerprint density at radius 2 is 2.20 bits per heavy atom. The van der Waals surface area contributed by atoms with E-state index in [1.165, 1.54) is 0 Å². The zero-order valence-electron chi connectivity index (χ0n) is 8.11. The van der Waals surface area contributed by atoms with Crippen LogP contribution in [0.3, 0.4) is 0 Å². The maximum Gasteiger partial charge on any atom is 0.262 e. The highest BCUT2D eigenvalue weighted by Gasteiger charge is 2.11. The standard InChI is InChI=1S/C10H9BrN2O2/c1-2-14-8-6-4-3-5-7(8)9-12-10(11)13-15-9/h3-6H,2H2,1H3. The number of hydrogen-bond donors (Lipinski definition) is 0. The second kappa shape index (κ2) is 4.44. The quantitative estimate of drug-likeness (QED) is 0.859. The lowest BCUT2D eigenvalue weighted by Crippen LogP contribution is -1.93. The van der Waals surface area contributed by atoms with Crippen molar-refractivity contribution in [1.82, 2.24) is 10.1 Å². The van der Waals surface area contributed by atoms with E-state index in [1.807, 2.05) is 31.2 Å². The van der Waals surface area contributed by atoms with Gasteiger partial charge in [0.1, 0.15) is 5.75 Å². The van der Waals surface area contributed by atoms with Crippen molar-refractivity contribution in [1.29, 1.82) is 0 Å². The van der Waals surface area contributed by atoms with Gasteiger partial charge >= 0.3 is 0 Å². The summed E-state index contributed by atoms with van der Waals surface area (Å²) >= 11 is 3.14. The number of para-hydroxylation sites is 1. The van der Waals surface area contributed by atoms with Gasteiger partial charge in [0.25, 0.3) is 5.89 Å². The van der Waals surface area contributed by atoms with Gasteiger partial charge in [-0.2, -0.15) is 4.98 Å². The first-order valence-corrected chi connectivity index (χ1v) is 5.32. The van der Waals surface area contributed by atoms with Gasteiger partial charge in [-0.05, 0) is 40.1 Å². The van der Waals surface area contributed by atoms with E-state index < -0.39 is 0 Å². The van der Waals surface area contributed by atoms with Crippen molar-refractivity contribution < 1.29 is 9.26 Å². The highest BCUT2D eigenvalue weighted by Crippen LogP contribution is 2.28. The lowest BCUT2D eigenvalue weighted by atomic mass is 10.2. The van der Waals surface area contributed by atoms with E-state index in [2.05, 4.69) is 26.1 Å². The number of ether oxygens (including phenoxy) is 1. The molecule has 0 fully saturated rings. The number of aromatic nitrogens is 2. The molecule has 2 aromatic rings. The molecule has 4 nitrogen and oxygen atoms in total. The molecule has 2 rings (SSSR count). The average Bonchev–Trinajstić information content (AvgIpc) is 2.66. The molecule has 0 aliphatic carbocycles. The van der Waals surface area contributed by atoms with E-state index >= 15 is 0 Å². The van der Waals surface area contributed by atoms with Crippen molar-refractivity contribution in [3.05, 3.63) is 29.0 Å². The van der Waals surface area contributed by atoms with E-state index in [9.17, 15) is 0 Å². The molecule has 0 aliphatic rings. The Hall–Kier alpha value is -1.36. The van der Waals surface area contributed by atoms with Gasteiger partial charge in [0.2, 0.25) is 4.73 Å². The molecule has 1 heterocycles. The summed E-state index contributed by atoms with van der Waals surface area (Å²) in [7, 11) is 0. The molecule has 0 saturated heterocycles. The average molecular weight is 269 g/mol. The Morgan fingerprint density at radius 1 is 1.40 bits per heavy atom. The lowest BCUT2D eigenvalue weighted by Gasteiger charge is -2.05. The zero-order chi connectivity index (χ0) is 10.7. The van der Waals surface area contributed by atoms with Gasteiger partial charge in [-0.3, -0.25) is 0 Å². The lowest BCUT2D eigenvalue weighted by molar-refractivity contribution is 0.339. The van der Waals surface area contributed by atoms with Crippen LogP contribution in [-0.2, 0) is 0 Å². The summed E-state index contributed by atoms with van der Waals surface area (Å²) in [6.45, 7) is 2.53. The van der Waals surface area contributed by atoms with Crippen molar-refractivity contribution in [3.63, 3.8) is 0 Å². The van der Waals surface area contributed by atoms with Crippen molar-refractivity contribution >= 4 is 15.9 Å². The molecule has 0 unspecified atom stereocenters. The summed E-state index contributed by atoms with van der Waals surface area (Å²) in [5.41, 5.74) is 0.803. The molecule has 5 heteroatoms. The number of rotatable bonds is 3. The van der Waals surface area contributed by atoms with E-state index in [4.69, 9.17) is 9.26 Å². The first-order chi connectivity index (χ1) is 7.31. The zero-order valence-corrected chi connectivity index (χ0v) is 9.69. The molecule has 0 amide bonds. The second-order valence-electron chi connectivity index (χ2n) is 2.80. The minimum Gasteiger partial charge on any atom is -0.493 e.